The topological polar surface area (TPSA) is 231 Å². The fraction of sp³-hybridized carbons (Fsp3) is 0.480. The Labute approximate surface area is 232 Å². The van der Waals surface area contributed by atoms with Crippen LogP contribution >= 0.6 is 12.6 Å². The van der Waals surface area contributed by atoms with Crippen LogP contribution in [0.5, 0.6) is 0 Å². The van der Waals surface area contributed by atoms with Gasteiger partial charge in [-0.3, -0.25) is 19.4 Å². The summed E-state index contributed by atoms with van der Waals surface area (Å²) in [5.74, 6) is -3.58. The third-order valence-corrected chi connectivity index (χ3v) is 6.49. The van der Waals surface area contributed by atoms with Crippen molar-refractivity contribution >= 4 is 53.2 Å². The van der Waals surface area contributed by atoms with E-state index in [4.69, 9.17) is 17.2 Å². The van der Waals surface area contributed by atoms with Gasteiger partial charge in [0.05, 0.1) is 6.04 Å². The van der Waals surface area contributed by atoms with Gasteiger partial charge in [0.25, 0.3) is 0 Å². The molecule has 1 heterocycles. The lowest BCUT2D eigenvalue weighted by atomic mass is 10.0. The number of fused-ring (bicyclic) bond motifs is 1. The Hall–Kier alpha value is -3.78. The summed E-state index contributed by atoms with van der Waals surface area (Å²) in [5, 5.41) is 17.9. The van der Waals surface area contributed by atoms with Gasteiger partial charge in [0, 0.05) is 35.8 Å². The summed E-state index contributed by atoms with van der Waals surface area (Å²) in [6.07, 6.45) is 2.28. The standard InChI is InChI=1S/C25H38N8O5S/c1-13(2)20(26)23(36)32-18(10-14-11-30-16-7-4-3-6-15(14)16)22(35)31-17(8-5-9-29-25(27)28)21(34)33-19(12-39)24(37)38/h3-4,6-7,11,13,17-20,30,39H,5,8-10,12,26H2,1-2H3,(H,31,35)(H,32,36)(H,33,34)(H,37,38)(H4,27,28,29). The fourth-order valence-corrected chi connectivity index (χ4v) is 4.05. The molecule has 14 heteroatoms. The minimum absolute atomic E-state index is 0.104. The molecule has 0 aliphatic carbocycles. The summed E-state index contributed by atoms with van der Waals surface area (Å²) in [6.45, 7) is 3.77. The maximum absolute atomic E-state index is 13.5. The predicted octanol–water partition coefficient (Wildman–Crippen LogP) is -0.784. The zero-order valence-corrected chi connectivity index (χ0v) is 22.9. The number of hydrogen-bond donors (Lipinski definition) is 9. The molecule has 4 atom stereocenters. The van der Waals surface area contributed by atoms with Gasteiger partial charge in [-0.15, -0.1) is 0 Å². The molecule has 0 radical (unpaired) electrons. The normalized spacial score (nSPS) is 14.2. The van der Waals surface area contributed by atoms with Crippen molar-refractivity contribution in [2.24, 2.45) is 28.1 Å². The average molecular weight is 563 g/mol. The van der Waals surface area contributed by atoms with Crippen molar-refractivity contribution in [2.75, 3.05) is 12.3 Å². The van der Waals surface area contributed by atoms with Crippen molar-refractivity contribution < 1.29 is 24.3 Å². The molecule has 2 rings (SSSR count). The summed E-state index contributed by atoms with van der Waals surface area (Å²) < 4.78 is 0. The first-order chi connectivity index (χ1) is 18.4. The average Bonchev–Trinajstić information content (AvgIpc) is 3.30. The first-order valence-electron chi connectivity index (χ1n) is 12.5. The number of carbonyl (C=O) groups is 4. The molecule has 2 aromatic rings. The minimum Gasteiger partial charge on any atom is -0.480 e. The number of thiol groups is 1. The Balaban J connectivity index is 2.30. The van der Waals surface area contributed by atoms with Crippen LogP contribution in [0, 0.1) is 5.92 Å². The van der Waals surface area contributed by atoms with Gasteiger partial charge >= 0.3 is 5.97 Å². The highest BCUT2D eigenvalue weighted by Crippen LogP contribution is 2.19. The van der Waals surface area contributed by atoms with Gasteiger partial charge in [0.15, 0.2) is 5.96 Å². The quantitative estimate of drug-likeness (QED) is 0.0577. The third kappa shape index (κ3) is 9.48. The number of nitrogens with zero attached hydrogens (tertiary/aromatic N) is 1. The van der Waals surface area contributed by atoms with Crippen molar-refractivity contribution in [1.29, 1.82) is 0 Å². The van der Waals surface area contributed by atoms with Crippen LogP contribution in [-0.2, 0) is 25.6 Å². The molecule has 3 amide bonds. The van der Waals surface area contributed by atoms with Gasteiger partial charge in [-0.25, -0.2) is 4.79 Å². The van der Waals surface area contributed by atoms with Gasteiger partial charge in [0.1, 0.15) is 18.1 Å². The van der Waals surface area contributed by atoms with Crippen LogP contribution in [0.2, 0.25) is 0 Å². The van der Waals surface area contributed by atoms with Crippen molar-refractivity contribution in [3.8, 4) is 0 Å². The summed E-state index contributed by atoms with van der Waals surface area (Å²) in [5.41, 5.74) is 18.4. The summed E-state index contributed by atoms with van der Waals surface area (Å²) in [7, 11) is 0. The smallest absolute Gasteiger partial charge is 0.327 e. The largest absolute Gasteiger partial charge is 0.480 e. The number of carbonyl (C=O) groups excluding carboxylic acids is 3. The number of para-hydroxylation sites is 1. The Morgan fingerprint density at radius 3 is 2.23 bits per heavy atom. The van der Waals surface area contributed by atoms with Crippen LogP contribution < -0.4 is 33.2 Å². The number of carboxylic acid groups (broad SMARTS) is 1. The van der Waals surface area contributed by atoms with E-state index in [2.05, 4.69) is 38.6 Å². The number of amides is 3. The zero-order chi connectivity index (χ0) is 29.1. The zero-order valence-electron chi connectivity index (χ0n) is 22.0. The van der Waals surface area contributed by atoms with Gasteiger partial charge in [-0.2, -0.15) is 12.6 Å². The second-order valence-corrected chi connectivity index (χ2v) is 9.85. The molecule has 0 aliphatic heterocycles. The van der Waals surface area contributed by atoms with Crippen LogP contribution in [0.4, 0.5) is 0 Å². The number of guanidine groups is 1. The van der Waals surface area contributed by atoms with E-state index < -0.39 is 47.9 Å². The molecule has 0 aliphatic rings. The lowest BCUT2D eigenvalue weighted by Gasteiger charge is -2.25. The molecule has 0 saturated heterocycles. The second kappa shape index (κ2) is 15.0. The molecule has 13 nitrogen and oxygen atoms in total. The molecule has 39 heavy (non-hydrogen) atoms. The highest BCUT2D eigenvalue weighted by Gasteiger charge is 2.31. The SMILES string of the molecule is CC(C)C(N)C(=O)NC(Cc1c[nH]c2ccccc12)C(=O)NC(CCCN=C(N)N)C(=O)NC(CS)C(=O)O. The maximum Gasteiger partial charge on any atom is 0.327 e. The van der Waals surface area contributed by atoms with E-state index in [1.807, 2.05) is 24.3 Å². The number of aromatic nitrogens is 1. The lowest BCUT2D eigenvalue weighted by Crippen LogP contribution is -2.58. The van der Waals surface area contributed by atoms with Gasteiger partial charge in [-0.05, 0) is 30.4 Å². The number of benzene rings is 1. The Morgan fingerprint density at radius 2 is 1.62 bits per heavy atom. The molecular formula is C25H38N8O5S. The molecular weight excluding hydrogens is 524 g/mol. The number of aliphatic imine (C=N–C) groups is 1. The van der Waals surface area contributed by atoms with Crippen LogP contribution in [0.1, 0.15) is 32.3 Å². The summed E-state index contributed by atoms with van der Waals surface area (Å²) in [4.78, 5) is 57.8. The molecule has 1 aromatic heterocycles. The van der Waals surface area contributed by atoms with E-state index in [1.165, 1.54) is 0 Å². The summed E-state index contributed by atoms with van der Waals surface area (Å²) in [6, 6.07) is 3.19. The number of aromatic amines is 1. The number of aliphatic carboxylic acids is 1. The van der Waals surface area contributed by atoms with Crippen molar-refractivity contribution in [2.45, 2.75) is 57.3 Å². The van der Waals surface area contributed by atoms with Crippen LogP contribution in [0.3, 0.4) is 0 Å². The van der Waals surface area contributed by atoms with Crippen molar-refractivity contribution in [3.63, 3.8) is 0 Å². The molecule has 214 valence electrons. The molecule has 4 unspecified atom stereocenters. The molecule has 0 bridgehead atoms. The third-order valence-electron chi connectivity index (χ3n) is 6.13. The van der Waals surface area contributed by atoms with Gasteiger partial charge in [0.2, 0.25) is 17.7 Å². The van der Waals surface area contributed by atoms with Crippen LogP contribution in [0.15, 0.2) is 35.5 Å². The number of hydrogen-bond acceptors (Lipinski definition) is 7. The predicted molar refractivity (Wildman–Crippen MR) is 152 cm³/mol. The highest BCUT2D eigenvalue weighted by molar-refractivity contribution is 7.80. The van der Waals surface area contributed by atoms with Crippen LogP contribution in [-0.4, -0.2) is 76.2 Å². The van der Waals surface area contributed by atoms with E-state index in [0.29, 0.717) is 6.42 Å². The van der Waals surface area contributed by atoms with E-state index >= 15 is 0 Å². The molecule has 0 spiro atoms. The first-order valence-corrected chi connectivity index (χ1v) is 13.2. The Bertz CT molecular complexity index is 1180. The number of nitrogens with two attached hydrogens (primary N) is 3. The monoisotopic (exact) mass is 562 g/mol. The van der Waals surface area contributed by atoms with Crippen LogP contribution in [0.25, 0.3) is 10.9 Å². The van der Waals surface area contributed by atoms with E-state index in [9.17, 15) is 24.3 Å². The molecule has 1 aromatic carbocycles. The van der Waals surface area contributed by atoms with Crippen molar-refractivity contribution in [1.82, 2.24) is 20.9 Å². The second-order valence-electron chi connectivity index (χ2n) is 9.49. The Kier molecular flexibility index (Phi) is 12.1. The molecule has 11 N–H and O–H groups in total. The number of rotatable bonds is 15. The van der Waals surface area contributed by atoms with E-state index in [1.54, 1.807) is 20.0 Å². The number of H-pyrrole nitrogens is 1. The van der Waals surface area contributed by atoms with E-state index in [0.717, 1.165) is 16.5 Å². The van der Waals surface area contributed by atoms with Gasteiger partial charge in [-0.1, -0.05) is 32.0 Å². The van der Waals surface area contributed by atoms with E-state index in [-0.39, 0.29) is 37.0 Å². The number of nitrogens with one attached hydrogen (secondary N) is 4. The first kappa shape index (κ1) is 31.4. The lowest BCUT2D eigenvalue weighted by molar-refractivity contribution is -0.141. The minimum atomic E-state index is -1.27. The molecule has 0 fully saturated rings. The highest BCUT2D eigenvalue weighted by atomic mass is 32.1. The number of carboxylic acids is 1. The summed E-state index contributed by atoms with van der Waals surface area (Å²) >= 11 is 3.97. The fourth-order valence-electron chi connectivity index (χ4n) is 3.80. The Morgan fingerprint density at radius 1 is 1.00 bits per heavy atom. The van der Waals surface area contributed by atoms with Gasteiger partial charge < -0.3 is 43.2 Å². The maximum atomic E-state index is 13.5. The van der Waals surface area contributed by atoms with Crippen molar-refractivity contribution in [3.05, 3.63) is 36.0 Å². The molecule has 0 saturated carbocycles.